The smallest absolute Gasteiger partial charge is 0.254 e. The summed E-state index contributed by atoms with van der Waals surface area (Å²) in [6.45, 7) is 0. The second-order valence-electron chi connectivity index (χ2n) is 5.10. The summed E-state index contributed by atoms with van der Waals surface area (Å²) in [6.07, 6.45) is 6.14. The van der Waals surface area contributed by atoms with Gasteiger partial charge in [0.05, 0.1) is 5.69 Å². The van der Waals surface area contributed by atoms with Crippen LogP contribution >= 0.6 is 23.5 Å². The molecule has 3 rings (SSSR count). The molecular formula is C16H18N2OS2. The lowest BCUT2D eigenvalue weighted by Gasteiger charge is -2.14. The zero-order valence-corrected chi connectivity index (χ0v) is 13.6. The Morgan fingerprint density at radius 2 is 2.05 bits per heavy atom. The van der Waals surface area contributed by atoms with Gasteiger partial charge in [-0.1, -0.05) is 30.0 Å². The fourth-order valence-electron chi connectivity index (χ4n) is 2.62. The van der Waals surface area contributed by atoms with Crippen molar-refractivity contribution in [3.05, 3.63) is 51.4 Å². The van der Waals surface area contributed by atoms with Crippen molar-refractivity contribution in [3.63, 3.8) is 0 Å². The van der Waals surface area contributed by atoms with E-state index in [9.17, 15) is 4.79 Å². The molecule has 0 radical (unpaired) electrons. The molecule has 0 spiro atoms. The third-order valence-corrected chi connectivity index (χ3v) is 5.49. The van der Waals surface area contributed by atoms with Crippen molar-refractivity contribution in [1.29, 1.82) is 0 Å². The number of hydrogen-bond donors (Lipinski definition) is 1. The Bertz CT molecular complexity index is 697. The molecule has 0 saturated heterocycles. The van der Waals surface area contributed by atoms with Crippen LogP contribution in [0.1, 0.15) is 29.7 Å². The molecule has 2 aromatic rings. The van der Waals surface area contributed by atoms with E-state index < -0.39 is 0 Å². The monoisotopic (exact) mass is 318 g/mol. The summed E-state index contributed by atoms with van der Waals surface area (Å²) in [6, 6.07) is 8.37. The number of nitrogens with one attached hydrogen (secondary N) is 1. The largest absolute Gasteiger partial charge is 0.301 e. The lowest BCUT2D eigenvalue weighted by Crippen LogP contribution is -2.21. The van der Waals surface area contributed by atoms with Crippen LogP contribution in [0, 0.1) is 0 Å². The SMILES string of the molecule is CSc1ccccc1CSc1nc2c(c(=O)[nH]1)CCCC2. The molecule has 1 aliphatic rings. The Balaban J connectivity index is 1.79. The minimum Gasteiger partial charge on any atom is -0.301 e. The first-order valence-corrected chi connectivity index (χ1v) is 9.35. The predicted octanol–water partition coefficient (Wildman–Crippen LogP) is 3.66. The lowest BCUT2D eigenvalue weighted by molar-refractivity contribution is 0.641. The molecule has 0 unspecified atom stereocenters. The Morgan fingerprint density at radius 3 is 2.90 bits per heavy atom. The maximum absolute atomic E-state index is 12.1. The van der Waals surface area contributed by atoms with Crippen molar-refractivity contribution in [3.8, 4) is 0 Å². The van der Waals surface area contributed by atoms with E-state index in [1.165, 1.54) is 10.5 Å². The van der Waals surface area contributed by atoms with Crippen LogP contribution < -0.4 is 5.56 Å². The second-order valence-corrected chi connectivity index (χ2v) is 6.92. The number of aromatic nitrogens is 2. The summed E-state index contributed by atoms with van der Waals surface area (Å²) < 4.78 is 0. The summed E-state index contributed by atoms with van der Waals surface area (Å²) in [5.41, 5.74) is 3.25. The molecule has 0 bridgehead atoms. The number of rotatable bonds is 4. The van der Waals surface area contributed by atoms with E-state index in [1.54, 1.807) is 23.5 Å². The highest BCUT2D eigenvalue weighted by Crippen LogP contribution is 2.27. The summed E-state index contributed by atoms with van der Waals surface area (Å²) in [5, 5.41) is 0.747. The molecule has 3 nitrogen and oxygen atoms in total. The summed E-state index contributed by atoms with van der Waals surface area (Å²) in [5.74, 6) is 0.832. The Morgan fingerprint density at radius 1 is 1.24 bits per heavy atom. The van der Waals surface area contributed by atoms with Crippen molar-refractivity contribution in [1.82, 2.24) is 9.97 Å². The first-order valence-electron chi connectivity index (χ1n) is 7.14. The molecule has 1 aromatic heterocycles. The highest BCUT2D eigenvalue weighted by molar-refractivity contribution is 7.99. The summed E-state index contributed by atoms with van der Waals surface area (Å²) >= 11 is 3.36. The number of H-pyrrole nitrogens is 1. The van der Waals surface area contributed by atoms with E-state index in [0.717, 1.165) is 47.8 Å². The Labute approximate surface area is 133 Å². The van der Waals surface area contributed by atoms with Crippen molar-refractivity contribution in [2.75, 3.05) is 6.26 Å². The van der Waals surface area contributed by atoms with Crippen molar-refractivity contribution >= 4 is 23.5 Å². The van der Waals surface area contributed by atoms with E-state index in [4.69, 9.17) is 0 Å². The van der Waals surface area contributed by atoms with Gasteiger partial charge >= 0.3 is 0 Å². The molecule has 1 heterocycles. The van der Waals surface area contributed by atoms with Gasteiger partial charge in [0, 0.05) is 16.2 Å². The first kappa shape index (κ1) is 14.7. The molecule has 0 aliphatic heterocycles. The first-order chi connectivity index (χ1) is 10.3. The molecule has 110 valence electrons. The van der Waals surface area contributed by atoms with Crippen molar-refractivity contribution in [2.24, 2.45) is 0 Å². The quantitative estimate of drug-likeness (QED) is 0.690. The van der Waals surface area contributed by atoms with Crippen LogP contribution in [0.25, 0.3) is 0 Å². The minimum atomic E-state index is 0.0559. The number of fused-ring (bicyclic) bond motifs is 1. The number of benzene rings is 1. The molecule has 0 fully saturated rings. The van der Waals surface area contributed by atoms with Crippen LogP contribution in [0.5, 0.6) is 0 Å². The van der Waals surface area contributed by atoms with E-state index in [0.29, 0.717) is 0 Å². The molecule has 0 amide bonds. The topological polar surface area (TPSA) is 45.8 Å². The van der Waals surface area contributed by atoms with Gasteiger partial charge < -0.3 is 4.98 Å². The molecule has 1 aliphatic carbocycles. The average Bonchev–Trinajstić information content (AvgIpc) is 2.53. The van der Waals surface area contributed by atoms with Crippen LogP contribution in [0.2, 0.25) is 0 Å². The van der Waals surface area contributed by atoms with Crippen LogP contribution in [0.4, 0.5) is 0 Å². The standard InChI is InChI=1S/C16H18N2OS2/c1-20-14-9-5-2-6-11(14)10-21-16-17-13-8-4-3-7-12(13)15(19)18-16/h2,5-6,9H,3-4,7-8,10H2,1H3,(H,17,18,19). The van der Waals surface area contributed by atoms with Gasteiger partial charge in [0.1, 0.15) is 0 Å². The van der Waals surface area contributed by atoms with Crippen molar-refractivity contribution in [2.45, 2.75) is 41.5 Å². The number of nitrogens with zero attached hydrogens (tertiary/aromatic N) is 1. The van der Waals surface area contributed by atoms with Crippen LogP contribution in [0.15, 0.2) is 39.1 Å². The number of aromatic amines is 1. The van der Waals surface area contributed by atoms with Gasteiger partial charge in [-0.15, -0.1) is 11.8 Å². The average molecular weight is 318 g/mol. The summed E-state index contributed by atoms with van der Waals surface area (Å²) in [7, 11) is 0. The van der Waals surface area contributed by atoms with E-state index in [-0.39, 0.29) is 5.56 Å². The normalized spacial score (nSPS) is 14.0. The fourth-order valence-corrected chi connectivity index (χ4v) is 4.21. The molecule has 21 heavy (non-hydrogen) atoms. The number of hydrogen-bond acceptors (Lipinski definition) is 4. The van der Waals surface area contributed by atoms with Gasteiger partial charge in [-0.05, 0) is 43.6 Å². The van der Waals surface area contributed by atoms with E-state index in [1.807, 2.05) is 0 Å². The fraction of sp³-hybridized carbons (Fsp3) is 0.375. The Kier molecular flexibility index (Phi) is 4.70. The zero-order chi connectivity index (χ0) is 14.7. The predicted molar refractivity (Wildman–Crippen MR) is 89.3 cm³/mol. The summed E-state index contributed by atoms with van der Waals surface area (Å²) in [4.78, 5) is 21.0. The molecule has 0 atom stereocenters. The van der Waals surface area contributed by atoms with Gasteiger partial charge in [-0.25, -0.2) is 4.98 Å². The van der Waals surface area contributed by atoms with Gasteiger partial charge in [0.2, 0.25) is 0 Å². The van der Waals surface area contributed by atoms with E-state index >= 15 is 0 Å². The maximum atomic E-state index is 12.1. The number of aryl methyl sites for hydroxylation is 1. The van der Waals surface area contributed by atoms with Crippen LogP contribution in [-0.4, -0.2) is 16.2 Å². The molecular weight excluding hydrogens is 300 g/mol. The molecule has 1 N–H and O–H groups in total. The molecule has 1 aromatic carbocycles. The van der Waals surface area contributed by atoms with Crippen LogP contribution in [-0.2, 0) is 18.6 Å². The maximum Gasteiger partial charge on any atom is 0.254 e. The molecule has 5 heteroatoms. The Hall–Kier alpha value is -1.20. The minimum absolute atomic E-state index is 0.0559. The van der Waals surface area contributed by atoms with Gasteiger partial charge in [0.25, 0.3) is 5.56 Å². The lowest BCUT2D eigenvalue weighted by atomic mass is 9.97. The van der Waals surface area contributed by atoms with Crippen LogP contribution in [0.3, 0.4) is 0 Å². The highest BCUT2D eigenvalue weighted by atomic mass is 32.2. The van der Waals surface area contributed by atoms with Gasteiger partial charge in [0.15, 0.2) is 5.16 Å². The number of thioether (sulfide) groups is 2. The van der Waals surface area contributed by atoms with E-state index in [2.05, 4.69) is 40.5 Å². The molecule has 0 saturated carbocycles. The zero-order valence-electron chi connectivity index (χ0n) is 12.0. The second kappa shape index (κ2) is 6.71. The van der Waals surface area contributed by atoms with Gasteiger partial charge in [-0.3, -0.25) is 4.79 Å². The third kappa shape index (κ3) is 3.35. The third-order valence-electron chi connectivity index (χ3n) is 3.73. The van der Waals surface area contributed by atoms with Gasteiger partial charge in [-0.2, -0.15) is 0 Å². The highest BCUT2D eigenvalue weighted by Gasteiger charge is 2.15. The van der Waals surface area contributed by atoms with Crippen molar-refractivity contribution < 1.29 is 0 Å².